The van der Waals surface area contributed by atoms with Gasteiger partial charge in [0.1, 0.15) is 13.2 Å². The molecule has 0 radical (unpaired) electrons. The minimum absolute atomic E-state index is 0.168. The Bertz CT molecular complexity index is 727. The minimum Gasteiger partial charge on any atom is -0.486 e. The largest absolute Gasteiger partial charge is 0.486 e. The molecule has 0 aromatic heterocycles. The number of guanidine groups is 1. The summed E-state index contributed by atoms with van der Waals surface area (Å²) in [7, 11) is 0. The molecule has 2 aromatic carbocycles. The van der Waals surface area contributed by atoms with E-state index in [2.05, 4.69) is 30.2 Å². The summed E-state index contributed by atoms with van der Waals surface area (Å²) in [5.41, 5.74) is 7.90. The van der Waals surface area contributed by atoms with E-state index < -0.39 is 0 Å². The molecule has 0 amide bonds. The predicted octanol–water partition coefficient (Wildman–Crippen LogP) is 3.16. The van der Waals surface area contributed by atoms with Crippen LogP contribution in [0, 0.1) is 0 Å². The lowest BCUT2D eigenvalue weighted by molar-refractivity contribution is 0.171. The number of para-hydroxylation sites is 1. The van der Waals surface area contributed by atoms with Crippen molar-refractivity contribution in [3.05, 3.63) is 54.1 Å². The fourth-order valence-electron chi connectivity index (χ4n) is 2.55. The monoisotopic (exact) mass is 325 g/mol. The molecule has 5 nitrogen and oxygen atoms in total. The standard InChI is InChI=1S/C19H23N3O2/c1-19(2,13-21-18(20)22-15-6-4-3-5-7-15)14-8-9-16-17(12-14)24-11-10-23-16/h3-9,12H,10-11,13H2,1-2H3,(H3,20,21,22). The van der Waals surface area contributed by atoms with E-state index in [4.69, 9.17) is 15.2 Å². The molecule has 3 N–H and O–H groups in total. The van der Waals surface area contributed by atoms with Gasteiger partial charge in [-0.05, 0) is 29.8 Å². The summed E-state index contributed by atoms with van der Waals surface area (Å²) in [6.45, 7) is 6.03. The average Bonchev–Trinajstić information content (AvgIpc) is 2.60. The van der Waals surface area contributed by atoms with Crippen LogP contribution in [-0.2, 0) is 5.41 Å². The summed E-state index contributed by atoms with van der Waals surface area (Å²) < 4.78 is 11.2. The molecule has 2 aromatic rings. The zero-order valence-corrected chi connectivity index (χ0v) is 14.1. The molecule has 0 spiro atoms. The SMILES string of the molecule is CC(C)(CN=C(N)Nc1ccccc1)c1ccc2c(c1)OCCO2. The molecular formula is C19H23N3O2. The molecule has 0 unspecified atom stereocenters. The lowest BCUT2D eigenvalue weighted by Gasteiger charge is -2.26. The molecule has 0 fully saturated rings. The van der Waals surface area contributed by atoms with E-state index in [-0.39, 0.29) is 5.41 Å². The van der Waals surface area contributed by atoms with Gasteiger partial charge < -0.3 is 20.5 Å². The maximum atomic E-state index is 6.00. The van der Waals surface area contributed by atoms with E-state index in [0.717, 1.165) is 22.7 Å². The summed E-state index contributed by atoms with van der Waals surface area (Å²) in [6, 6.07) is 15.8. The predicted molar refractivity (Wildman–Crippen MR) is 97.0 cm³/mol. The summed E-state index contributed by atoms with van der Waals surface area (Å²) in [5.74, 6) is 2.01. The quantitative estimate of drug-likeness (QED) is 0.669. The van der Waals surface area contributed by atoms with Crippen LogP contribution in [-0.4, -0.2) is 25.7 Å². The van der Waals surface area contributed by atoms with Crippen molar-refractivity contribution in [1.29, 1.82) is 0 Å². The van der Waals surface area contributed by atoms with Crippen LogP contribution in [0.2, 0.25) is 0 Å². The highest BCUT2D eigenvalue weighted by Gasteiger charge is 2.23. The van der Waals surface area contributed by atoms with E-state index in [1.165, 1.54) is 0 Å². The Morgan fingerprint density at radius 1 is 1.08 bits per heavy atom. The number of aliphatic imine (C=N–C) groups is 1. The lowest BCUT2D eigenvalue weighted by atomic mass is 9.84. The molecular weight excluding hydrogens is 302 g/mol. The molecule has 0 atom stereocenters. The highest BCUT2D eigenvalue weighted by Crippen LogP contribution is 2.35. The van der Waals surface area contributed by atoms with Gasteiger partial charge in [0.25, 0.3) is 0 Å². The topological polar surface area (TPSA) is 68.9 Å². The van der Waals surface area contributed by atoms with Gasteiger partial charge in [0, 0.05) is 11.1 Å². The van der Waals surface area contributed by atoms with Gasteiger partial charge in [0.15, 0.2) is 17.5 Å². The molecule has 1 aliphatic rings. The average molecular weight is 325 g/mol. The first-order valence-corrected chi connectivity index (χ1v) is 8.07. The van der Waals surface area contributed by atoms with Gasteiger partial charge in [-0.25, -0.2) is 0 Å². The fourth-order valence-corrected chi connectivity index (χ4v) is 2.55. The first-order valence-electron chi connectivity index (χ1n) is 8.07. The number of fused-ring (bicyclic) bond motifs is 1. The number of hydrogen-bond acceptors (Lipinski definition) is 3. The Balaban J connectivity index is 1.70. The smallest absolute Gasteiger partial charge is 0.193 e. The maximum absolute atomic E-state index is 6.00. The second-order valence-electron chi connectivity index (χ2n) is 6.43. The third kappa shape index (κ3) is 3.79. The van der Waals surface area contributed by atoms with Gasteiger partial charge in [0.05, 0.1) is 6.54 Å². The van der Waals surface area contributed by atoms with Crippen LogP contribution in [0.1, 0.15) is 19.4 Å². The highest BCUT2D eigenvalue weighted by molar-refractivity contribution is 5.92. The first kappa shape index (κ1) is 16.2. The number of hydrogen-bond donors (Lipinski definition) is 2. The second-order valence-corrected chi connectivity index (χ2v) is 6.43. The Kier molecular flexibility index (Phi) is 4.60. The van der Waals surface area contributed by atoms with E-state index >= 15 is 0 Å². The lowest BCUT2D eigenvalue weighted by Crippen LogP contribution is -2.28. The second kappa shape index (κ2) is 6.83. The van der Waals surface area contributed by atoms with Crippen molar-refractivity contribution in [2.45, 2.75) is 19.3 Å². The van der Waals surface area contributed by atoms with Crippen molar-refractivity contribution in [3.63, 3.8) is 0 Å². The van der Waals surface area contributed by atoms with E-state index in [1.54, 1.807) is 0 Å². The molecule has 0 bridgehead atoms. The fraction of sp³-hybridized carbons (Fsp3) is 0.316. The van der Waals surface area contributed by atoms with Crippen molar-refractivity contribution >= 4 is 11.6 Å². The van der Waals surface area contributed by atoms with Crippen LogP contribution in [0.25, 0.3) is 0 Å². The van der Waals surface area contributed by atoms with Gasteiger partial charge in [0.2, 0.25) is 0 Å². The third-order valence-electron chi connectivity index (χ3n) is 4.01. The normalized spacial score (nSPS) is 14.3. The number of ether oxygens (including phenoxy) is 2. The first-order chi connectivity index (χ1) is 11.5. The Morgan fingerprint density at radius 2 is 1.79 bits per heavy atom. The van der Waals surface area contributed by atoms with Gasteiger partial charge in [-0.1, -0.05) is 38.1 Å². The summed E-state index contributed by atoms with van der Waals surface area (Å²) in [6.07, 6.45) is 0. The van der Waals surface area contributed by atoms with Crippen LogP contribution >= 0.6 is 0 Å². The molecule has 0 saturated heterocycles. The van der Waals surface area contributed by atoms with Crippen molar-refractivity contribution in [2.24, 2.45) is 10.7 Å². The summed E-state index contributed by atoms with van der Waals surface area (Å²) in [5, 5.41) is 3.10. The Hall–Kier alpha value is -2.69. The van der Waals surface area contributed by atoms with Crippen LogP contribution in [0.5, 0.6) is 11.5 Å². The van der Waals surface area contributed by atoms with Crippen LogP contribution in [0.15, 0.2) is 53.5 Å². The van der Waals surface area contributed by atoms with Crippen molar-refractivity contribution in [1.82, 2.24) is 0 Å². The number of nitrogens with one attached hydrogen (secondary N) is 1. The molecule has 0 aliphatic carbocycles. The van der Waals surface area contributed by atoms with Crippen molar-refractivity contribution in [2.75, 3.05) is 25.1 Å². The summed E-state index contributed by atoms with van der Waals surface area (Å²) >= 11 is 0. The molecule has 126 valence electrons. The van der Waals surface area contributed by atoms with E-state index in [0.29, 0.717) is 25.7 Å². The Morgan fingerprint density at radius 3 is 2.54 bits per heavy atom. The zero-order chi connectivity index (χ0) is 17.0. The molecule has 5 heteroatoms. The van der Waals surface area contributed by atoms with Crippen LogP contribution < -0.4 is 20.5 Å². The number of rotatable bonds is 4. The third-order valence-corrected chi connectivity index (χ3v) is 4.01. The van der Waals surface area contributed by atoms with Crippen molar-refractivity contribution < 1.29 is 9.47 Å². The van der Waals surface area contributed by atoms with Gasteiger partial charge >= 0.3 is 0 Å². The highest BCUT2D eigenvalue weighted by atomic mass is 16.6. The van der Waals surface area contributed by atoms with Gasteiger partial charge in [-0.3, -0.25) is 4.99 Å². The van der Waals surface area contributed by atoms with E-state index in [9.17, 15) is 0 Å². The number of nitrogens with two attached hydrogens (primary N) is 1. The minimum atomic E-state index is -0.168. The summed E-state index contributed by atoms with van der Waals surface area (Å²) in [4.78, 5) is 4.49. The molecule has 1 aliphatic heterocycles. The molecule has 24 heavy (non-hydrogen) atoms. The van der Waals surface area contributed by atoms with E-state index in [1.807, 2.05) is 42.5 Å². The number of anilines is 1. The maximum Gasteiger partial charge on any atom is 0.193 e. The molecule has 1 heterocycles. The number of nitrogens with zero attached hydrogens (tertiary/aromatic N) is 1. The zero-order valence-electron chi connectivity index (χ0n) is 14.1. The van der Waals surface area contributed by atoms with Gasteiger partial charge in [-0.15, -0.1) is 0 Å². The van der Waals surface area contributed by atoms with Crippen molar-refractivity contribution in [3.8, 4) is 11.5 Å². The van der Waals surface area contributed by atoms with Gasteiger partial charge in [-0.2, -0.15) is 0 Å². The van der Waals surface area contributed by atoms with Crippen LogP contribution in [0.4, 0.5) is 5.69 Å². The molecule has 0 saturated carbocycles. The van der Waals surface area contributed by atoms with Crippen LogP contribution in [0.3, 0.4) is 0 Å². The Labute approximate surface area is 142 Å². The molecule has 3 rings (SSSR count). The number of benzene rings is 2.